The van der Waals surface area contributed by atoms with Gasteiger partial charge in [-0.15, -0.1) is 0 Å². The predicted octanol–water partition coefficient (Wildman–Crippen LogP) is 2.18. The van der Waals surface area contributed by atoms with Crippen LogP contribution in [0, 0.1) is 5.92 Å². The number of aromatic amines is 1. The highest BCUT2D eigenvalue weighted by molar-refractivity contribution is 9.10. The number of carbonyl (C=O) groups excluding carboxylic acids is 2. The number of nitrogens with zero attached hydrogens (tertiary/aromatic N) is 2. The average molecular weight is 377 g/mol. The number of halogens is 1. The largest absolute Gasteiger partial charge is 0.369 e. The molecule has 0 bridgehead atoms. The first-order valence-corrected chi connectivity index (χ1v) is 8.13. The van der Waals surface area contributed by atoms with E-state index >= 15 is 0 Å². The molecule has 0 saturated heterocycles. The fourth-order valence-electron chi connectivity index (χ4n) is 2.69. The molecule has 0 aliphatic heterocycles. The molecule has 1 fully saturated rings. The van der Waals surface area contributed by atoms with Gasteiger partial charge in [-0.05, 0) is 31.0 Å². The Hall–Kier alpha value is -2.15. The van der Waals surface area contributed by atoms with Gasteiger partial charge in [0.1, 0.15) is 5.69 Å². The van der Waals surface area contributed by atoms with Crippen LogP contribution < -0.4 is 5.73 Å². The molecule has 1 aromatic carbocycles. The third-order valence-electron chi connectivity index (χ3n) is 4.33. The minimum atomic E-state index is -0.291. The third-order valence-corrected chi connectivity index (χ3v) is 4.86. The maximum atomic E-state index is 12.5. The summed E-state index contributed by atoms with van der Waals surface area (Å²) in [4.78, 5) is 25.2. The highest BCUT2D eigenvalue weighted by Gasteiger charge is 2.37. The maximum absolute atomic E-state index is 12.5. The third kappa shape index (κ3) is 3.14. The molecule has 3 N–H and O–H groups in total. The highest BCUT2D eigenvalue weighted by Crippen LogP contribution is 2.31. The van der Waals surface area contributed by atoms with E-state index in [4.69, 9.17) is 5.73 Å². The van der Waals surface area contributed by atoms with Crippen molar-refractivity contribution in [2.75, 3.05) is 7.05 Å². The minimum Gasteiger partial charge on any atom is -0.369 e. The quantitative estimate of drug-likeness (QED) is 0.856. The monoisotopic (exact) mass is 376 g/mol. The lowest BCUT2D eigenvalue weighted by molar-refractivity contribution is -0.125. The van der Waals surface area contributed by atoms with Gasteiger partial charge in [0, 0.05) is 29.0 Å². The van der Waals surface area contributed by atoms with Crippen molar-refractivity contribution in [3.8, 4) is 11.3 Å². The molecule has 2 amide bonds. The molecule has 0 unspecified atom stereocenters. The van der Waals surface area contributed by atoms with E-state index < -0.39 is 0 Å². The summed E-state index contributed by atoms with van der Waals surface area (Å²) in [5, 5.41) is 7.00. The maximum Gasteiger partial charge on any atom is 0.271 e. The van der Waals surface area contributed by atoms with Gasteiger partial charge in [-0.1, -0.05) is 28.1 Å². The number of amides is 2. The van der Waals surface area contributed by atoms with Crippen LogP contribution in [0.5, 0.6) is 0 Å². The second-order valence-corrected chi connectivity index (χ2v) is 6.73. The van der Waals surface area contributed by atoms with Gasteiger partial charge in [0.15, 0.2) is 0 Å². The molecule has 3 rings (SSSR count). The van der Waals surface area contributed by atoms with Gasteiger partial charge in [-0.3, -0.25) is 14.7 Å². The second kappa shape index (κ2) is 6.16. The number of primary amides is 1. The number of H-pyrrole nitrogens is 1. The summed E-state index contributed by atoms with van der Waals surface area (Å²) in [7, 11) is 1.74. The number of aromatic nitrogens is 2. The van der Waals surface area contributed by atoms with E-state index in [-0.39, 0.29) is 23.8 Å². The Labute approximate surface area is 142 Å². The number of hydrogen-bond donors (Lipinski definition) is 2. The standard InChI is InChI=1S/C16H17BrN4O2/c1-21(12-6-10(7-12)15(18)22)16(23)14-8-13(19-20-14)9-2-4-11(17)5-3-9/h2-5,8,10,12H,6-7H2,1H3,(H2,18,22)(H,19,20). The van der Waals surface area contributed by atoms with Crippen molar-refractivity contribution in [2.45, 2.75) is 18.9 Å². The van der Waals surface area contributed by atoms with Crippen LogP contribution in [0.4, 0.5) is 0 Å². The van der Waals surface area contributed by atoms with Crippen LogP contribution in [0.3, 0.4) is 0 Å². The van der Waals surface area contributed by atoms with Crippen LogP contribution in [0.1, 0.15) is 23.3 Å². The highest BCUT2D eigenvalue weighted by atomic mass is 79.9. The van der Waals surface area contributed by atoms with Crippen LogP contribution in [0.2, 0.25) is 0 Å². The van der Waals surface area contributed by atoms with Crippen molar-refractivity contribution in [3.05, 3.63) is 40.5 Å². The first kappa shape index (κ1) is 15.7. The summed E-state index contributed by atoms with van der Waals surface area (Å²) < 4.78 is 0.988. The summed E-state index contributed by atoms with van der Waals surface area (Å²) in [6.07, 6.45) is 1.26. The van der Waals surface area contributed by atoms with Gasteiger partial charge in [0.2, 0.25) is 5.91 Å². The van der Waals surface area contributed by atoms with Crippen molar-refractivity contribution in [2.24, 2.45) is 11.7 Å². The molecular formula is C16H17BrN4O2. The van der Waals surface area contributed by atoms with E-state index in [0.29, 0.717) is 18.5 Å². The topological polar surface area (TPSA) is 92.1 Å². The van der Waals surface area contributed by atoms with Gasteiger partial charge in [0.25, 0.3) is 5.91 Å². The van der Waals surface area contributed by atoms with E-state index in [0.717, 1.165) is 15.7 Å². The Kier molecular flexibility index (Phi) is 4.21. The van der Waals surface area contributed by atoms with Crippen LogP contribution in [0.25, 0.3) is 11.3 Å². The van der Waals surface area contributed by atoms with Crippen molar-refractivity contribution < 1.29 is 9.59 Å². The fraction of sp³-hybridized carbons (Fsp3) is 0.312. The zero-order valence-corrected chi connectivity index (χ0v) is 14.2. The Morgan fingerprint density at radius 1 is 1.30 bits per heavy atom. The first-order chi connectivity index (χ1) is 11.0. The molecule has 1 saturated carbocycles. The lowest BCUT2D eigenvalue weighted by Gasteiger charge is -2.39. The average Bonchev–Trinajstić information content (AvgIpc) is 2.94. The number of nitrogens with one attached hydrogen (secondary N) is 1. The zero-order valence-electron chi connectivity index (χ0n) is 12.6. The van der Waals surface area contributed by atoms with Crippen molar-refractivity contribution in [3.63, 3.8) is 0 Å². The molecule has 0 spiro atoms. The SMILES string of the molecule is CN(C(=O)c1cc(-c2ccc(Br)cc2)n[nH]1)C1CC(C(N)=O)C1. The van der Waals surface area contributed by atoms with Crippen LogP contribution in [-0.4, -0.2) is 40.0 Å². The Bertz CT molecular complexity index is 735. The molecule has 1 aliphatic carbocycles. The Morgan fingerprint density at radius 2 is 1.96 bits per heavy atom. The molecule has 120 valence electrons. The number of benzene rings is 1. The molecule has 2 aromatic rings. The number of carbonyl (C=O) groups is 2. The van der Waals surface area contributed by atoms with Crippen LogP contribution in [-0.2, 0) is 4.79 Å². The zero-order chi connectivity index (χ0) is 16.6. The van der Waals surface area contributed by atoms with Gasteiger partial charge < -0.3 is 10.6 Å². The van der Waals surface area contributed by atoms with E-state index in [1.54, 1.807) is 18.0 Å². The smallest absolute Gasteiger partial charge is 0.271 e. The summed E-state index contributed by atoms with van der Waals surface area (Å²) >= 11 is 3.39. The van der Waals surface area contributed by atoms with Crippen molar-refractivity contribution in [1.82, 2.24) is 15.1 Å². The lowest BCUT2D eigenvalue weighted by atomic mass is 9.79. The number of nitrogens with two attached hydrogens (primary N) is 1. The first-order valence-electron chi connectivity index (χ1n) is 7.33. The van der Waals surface area contributed by atoms with E-state index in [1.807, 2.05) is 24.3 Å². The summed E-state index contributed by atoms with van der Waals surface area (Å²) in [6.45, 7) is 0. The van der Waals surface area contributed by atoms with Crippen molar-refractivity contribution in [1.29, 1.82) is 0 Å². The Morgan fingerprint density at radius 3 is 2.57 bits per heavy atom. The second-order valence-electron chi connectivity index (χ2n) is 5.81. The van der Waals surface area contributed by atoms with Crippen LogP contribution >= 0.6 is 15.9 Å². The normalized spacial score (nSPS) is 19.9. The number of rotatable bonds is 4. The molecular weight excluding hydrogens is 360 g/mol. The molecule has 1 heterocycles. The van der Waals surface area contributed by atoms with E-state index in [9.17, 15) is 9.59 Å². The molecule has 1 aromatic heterocycles. The van der Waals surface area contributed by atoms with Gasteiger partial charge in [-0.2, -0.15) is 5.10 Å². The van der Waals surface area contributed by atoms with E-state index in [2.05, 4.69) is 26.1 Å². The van der Waals surface area contributed by atoms with Gasteiger partial charge >= 0.3 is 0 Å². The van der Waals surface area contributed by atoms with Gasteiger partial charge in [-0.25, -0.2) is 0 Å². The fourth-order valence-corrected chi connectivity index (χ4v) is 2.96. The minimum absolute atomic E-state index is 0.0550. The van der Waals surface area contributed by atoms with Crippen molar-refractivity contribution >= 4 is 27.7 Å². The molecule has 1 aliphatic rings. The molecule has 23 heavy (non-hydrogen) atoms. The molecule has 6 nitrogen and oxygen atoms in total. The molecule has 0 atom stereocenters. The lowest BCUT2D eigenvalue weighted by Crippen LogP contribution is -2.49. The Balaban J connectivity index is 1.69. The summed E-state index contributed by atoms with van der Waals surface area (Å²) in [5.74, 6) is -0.537. The van der Waals surface area contributed by atoms with Crippen LogP contribution in [0.15, 0.2) is 34.8 Å². The summed E-state index contributed by atoms with van der Waals surface area (Å²) in [5.41, 5.74) is 7.36. The molecule has 0 radical (unpaired) electrons. The predicted molar refractivity (Wildman–Crippen MR) is 89.5 cm³/mol. The number of hydrogen-bond acceptors (Lipinski definition) is 3. The summed E-state index contributed by atoms with van der Waals surface area (Å²) in [6, 6.07) is 9.51. The molecule has 7 heteroatoms. The van der Waals surface area contributed by atoms with Gasteiger partial charge in [0.05, 0.1) is 5.69 Å². The van der Waals surface area contributed by atoms with E-state index in [1.165, 1.54) is 0 Å².